The van der Waals surface area contributed by atoms with Gasteiger partial charge in [-0.15, -0.1) is 0 Å². The fraction of sp³-hybridized carbons (Fsp3) is 0.222. The number of hydroxylamine groups is 1. The Morgan fingerprint density at radius 2 is 1.93 bits per heavy atom. The number of hydrogen-bond acceptors (Lipinski definition) is 3. The quantitative estimate of drug-likeness (QED) is 0.566. The summed E-state index contributed by atoms with van der Waals surface area (Å²) in [6.07, 6.45) is 0.137. The Bertz CT molecular complexity index is 338. The molecule has 0 aliphatic carbocycles. The smallest absolute Gasteiger partial charge is 0.245 e. The van der Waals surface area contributed by atoms with Crippen LogP contribution in [0.25, 0.3) is 0 Å². The first-order valence-electron chi connectivity index (χ1n) is 4.26. The molecular formula is C9H10Cl2N2O2. The molecule has 0 radical (unpaired) electrons. The van der Waals surface area contributed by atoms with Gasteiger partial charge in [0.15, 0.2) is 0 Å². The molecule has 1 rings (SSSR count). The van der Waals surface area contributed by atoms with Gasteiger partial charge in [0.1, 0.15) is 0 Å². The summed E-state index contributed by atoms with van der Waals surface area (Å²) < 4.78 is 0. The highest BCUT2D eigenvalue weighted by Gasteiger charge is 2.05. The van der Waals surface area contributed by atoms with Crippen LogP contribution >= 0.6 is 23.2 Å². The van der Waals surface area contributed by atoms with Crippen LogP contribution in [0.5, 0.6) is 0 Å². The van der Waals surface area contributed by atoms with E-state index in [0.717, 1.165) is 0 Å². The highest BCUT2D eigenvalue weighted by Crippen LogP contribution is 2.29. The summed E-state index contributed by atoms with van der Waals surface area (Å²) in [6.45, 7) is 0.343. The standard InChI is InChI=1S/C9H10Cl2N2O2/c10-6-2-1-3-7(11)9(6)12-5-4-8(14)13-15/h1-3,12,15H,4-5H2,(H,13,14). The number of nitrogens with one attached hydrogen (secondary N) is 2. The van der Waals surface area contributed by atoms with Crippen molar-refractivity contribution in [2.75, 3.05) is 11.9 Å². The predicted octanol–water partition coefficient (Wildman–Crippen LogP) is 2.30. The van der Waals surface area contributed by atoms with Crippen LogP contribution in [0, 0.1) is 0 Å². The lowest BCUT2D eigenvalue weighted by Gasteiger charge is -2.09. The number of para-hydroxylation sites is 1. The minimum atomic E-state index is -0.467. The summed E-state index contributed by atoms with van der Waals surface area (Å²) in [5, 5.41) is 12.2. The van der Waals surface area contributed by atoms with Crippen LogP contribution in [0.1, 0.15) is 6.42 Å². The molecule has 6 heteroatoms. The fourth-order valence-corrected chi connectivity index (χ4v) is 1.55. The Morgan fingerprint density at radius 1 is 1.33 bits per heavy atom. The highest BCUT2D eigenvalue weighted by atomic mass is 35.5. The van der Waals surface area contributed by atoms with E-state index in [9.17, 15) is 4.79 Å². The molecule has 0 atom stereocenters. The summed E-state index contributed by atoms with van der Waals surface area (Å²) >= 11 is 11.8. The SMILES string of the molecule is O=C(CCNc1c(Cl)cccc1Cl)NO. The van der Waals surface area contributed by atoms with Crippen molar-refractivity contribution in [1.82, 2.24) is 5.48 Å². The molecule has 0 fully saturated rings. The van der Waals surface area contributed by atoms with Crippen molar-refractivity contribution in [3.05, 3.63) is 28.2 Å². The minimum absolute atomic E-state index is 0.137. The first kappa shape index (κ1) is 12.1. The third-order valence-electron chi connectivity index (χ3n) is 1.74. The largest absolute Gasteiger partial charge is 0.382 e. The van der Waals surface area contributed by atoms with Crippen LogP contribution in [0.4, 0.5) is 5.69 Å². The molecule has 0 bridgehead atoms. The van der Waals surface area contributed by atoms with E-state index in [1.165, 1.54) is 5.48 Å². The third-order valence-corrected chi connectivity index (χ3v) is 2.37. The maximum atomic E-state index is 10.7. The Balaban J connectivity index is 2.54. The topological polar surface area (TPSA) is 61.4 Å². The first-order chi connectivity index (χ1) is 7.15. The Kier molecular flexibility index (Phi) is 4.68. The van der Waals surface area contributed by atoms with E-state index in [4.69, 9.17) is 28.4 Å². The van der Waals surface area contributed by atoms with Gasteiger partial charge in [0, 0.05) is 13.0 Å². The Morgan fingerprint density at radius 3 is 2.47 bits per heavy atom. The lowest BCUT2D eigenvalue weighted by Crippen LogP contribution is -2.21. The average molecular weight is 249 g/mol. The van der Waals surface area contributed by atoms with Crippen molar-refractivity contribution in [3.63, 3.8) is 0 Å². The number of amides is 1. The highest BCUT2D eigenvalue weighted by molar-refractivity contribution is 6.39. The summed E-state index contributed by atoms with van der Waals surface area (Å²) in [5.74, 6) is -0.467. The van der Waals surface area contributed by atoms with Gasteiger partial charge in [0.25, 0.3) is 0 Å². The van der Waals surface area contributed by atoms with Gasteiger partial charge in [-0.1, -0.05) is 29.3 Å². The van der Waals surface area contributed by atoms with E-state index in [1.807, 2.05) is 0 Å². The van der Waals surface area contributed by atoms with E-state index < -0.39 is 5.91 Å². The van der Waals surface area contributed by atoms with Gasteiger partial charge in [-0.25, -0.2) is 5.48 Å². The molecule has 0 aliphatic rings. The van der Waals surface area contributed by atoms with Gasteiger partial charge in [0.2, 0.25) is 5.91 Å². The molecule has 0 saturated carbocycles. The van der Waals surface area contributed by atoms with Gasteiger partial charge < -0.3 is 5.32 Å². The van der Waals surface area contributed by atoms with Crippen molar-refractivity contribution < 1.29 is 10.0 Å². The van der Waals surface area contributed by atoms with E-state index in [-0.39, 0.29) is 6.42 Å². The van der Waals surface area contributed by atoms with E-state index in [2.05, 4.69) is 5.32 Å². The predicted molar refractivity (Wildman–Crippen MR) is 59.5 cm³/mol. The van der Waals surface area contributed by atoms with Crippen molar-refractivity contribution in [2.45, 2.75) is 6.42 Å². The summed E-state index contributed by atoms with van der Waals surface area (Å²) in [7, 11) is 0. The number of halogens is 2. The number of benzene rings is 1. The molecule has 0 aliphatic heterocycles. The van der Waals surface area contributed by atoms with E-state index in [0.29, 0.717) is 22.3 Å². The molecule has 4 nitrogen and oxygen atoms in total. The van der Waals surface area contributed by atoms with Gasteiger partial charge in [-0.2, -0.15) is 0 Å². The summed E-state index contributed by atoms with van der Waals surface area (Å²) in [4.78, 5) is 10.7. The van der Waals surface area contributed by atoms with Crippen molar-refractivity contribution >= 4 is 34.8 Å². The monoisotopic (exact) mass is 248 g/mol. The van der Waals surface area contributed by atoms with Crippen LogP contribution in [-0.4, -0.2) is 17.7 Å². The lowest BCUT2D eigenvalue weighted by atomic mass is 10.3. The molecule has 15 heavy (non-hydrogen) atoms. The number of rotatable bonds is 4. The normalized spacial score (nSPS) is 9.80. The van der Waals surface area contributed by atoms with Gasteiger partial charge in [-0.05, 0) is 12.1 Å². The Labute approximate surface area is 97.1 Å². The molecule has 0 unspecified atom stereocenters. The van der Waals surface area contributed by atoms with Crippen LogP contribution < -0.4 is 10.8 Å². The summed E-state index contributed by atoms with van der Waals surface area (Å²) in [6, 6.07) is 5.13. The molecule has 0 saturated heterocycles. The lowest BCUT2D eigenvalue weighted by molar-refractivity contribution is -0.128. The second-order valence-electron chi connectivity index (χ2n) is 2.81. The molecule has 1 aromatic rings. The van der Waals surface area contributed by atoms with E-state index in [1.54, 1.807) is 18.2 Å². The van der Waals surface area contributed by atoms with Crippen molar-refractivity contribution in [1.29, 1.82) is 0 Å². The molecule has 3 N–H and O–H groups in total. The first-order valence-corrected chi connectivity index (χ1v) is 5.01. The van der Waals surface area contributed by atoms with Gasteiger partial charge in [0.05, 0.1) is 15.7 Å². The van der Waals surface area contributed by atoms with Crippen LogP contribution in [0.3, 0.4) is 0 Å². The van der Waals surface area contributed by atoms with Crippen molar-refractivity contribution in [2.24, 2.45) is 0 Å². The molecule has 0 aromatic heterocycles. The molecular weight excluding hydrogens is 239 g/mol. The molecule has 1 amide bonds. The number of hydrogen-bond donors (Lipinski definition) is 3. The maximum Gasteiger partial charge on any atom is 0.245 e. The number of anilines is 1. The fourth-order valence-electron chi connectivity index (χ4n) is 1.02. The zero-order valence-corrected chi connectivity index (χ0v) is 9.27. The van der Waals surface area contributed by atoms with Crippen LogP contribution in [0.2, 0.25) is 10.0 Å². The van der Waals surface area contributed by atoms with Gasteiger partial charge in [-0.3, -0.25) is 10.0 Å². The van der Waals surface area contributed by atoms with Crippen LogP contribution in [0.15, 0.2) is 18.2 Å². The minimum Gasteiger partial charge on any atom is -0.382 e. The average Bonchev–Trinajstić information content (AvgIpc) is 2.22. The van der Waals surface area contributed by atoms with Crippen molar-refractivity contribution in [3.8, 4) is 0 Å². The second kappa shape index (κ2) is 5.80. The third kappa shape index (κ3) is 3.58. The van der Waals surface area contributed by atoms with Crippen LogP contribution in [-0.2, 0) is 4.79 Å². The molecule has 0 spiro atoms. The second-order valence-corrected chi connectivity index (χ2v) is 3.62. The number of carbonyl (C=O) groups is 1. The molecule has 0 heterocycles. The molecule has 1 aromatic carbocycles. The zero-order chi connectivity index (χ0) is 11.3. The maximum absolute atomic E-state index is 10.7. The zero-order valence-electron chi connectivity index (χ0n) is 7.76. The van der Waals surface area contributed by atoms with E-state index >= 15 is 0 Å². The molecule has 82 valence electrons. The van der Waals surface area contributed by atoms with Gasteiger partial charge >= 0.3 is 0 Å². The number of carbonyl (C=O) groups excluding carboxylic acids is 1. The Hall–Kier alpha value is -0.970. The summed E-state index contributed by atoms with van der Waals surface area (Å²) in [5.41, 5.74) is 2.12.